The summed E-state index contributed by atoms with van der Waals surface area (Å²) in [6, 6.07) is 0. The van der Waals surface area contributed by atoms with E-state index in [1.165, 1.54) is 17.6 Å². The molecule has 0 radical (unpaired) electrons. The van der Waals surface area contributed by atoms with Gasteiger partial charge < -0.3 is 0 Å². The molecule has 0 aromatic rings. The Morgan fingerprint density at radius 2 is 1.60 bits per heavy atom. The van der Waals surface area contributed by atoms with Gasteiger partial charge in [-0.15, -0.1) is 0 Å². The smallest absolute Gasteiger partial charge is 0.171 e. The van der Waals surface area contributed by atoms with E-state index in [4.69, 9.17) is 0 Å². The van der Waals surface area contributed by atoms with E-state index in [0.717, 1.165) is 25.7 Å². The van der Waals surface area contributed by atoms with Crippen LogP contribution in [0.3, 0.4) is 0 Å². The Morgan fingerprint density at radius 3 is 2.27 bits per heavy atom. The van der Waals surface area contributed by atoms with Crippen LogP contribution in [0.15, 0.2) is 11.1 Å². The normalized spacial score (nSPS) is 39.8. The fourth-order valence-corrected chi connectivity index (χ4v) is 3.91. The summed E-state index contributed by atoms with van der Waals surface area (Å²) in [6.07, 6.45) is 1.55. The highest BCUT2D eigenvalue weighted by Crippen LogP contribution is 2.59. The van der Waals surface area contributed by atoms with Gasteiger partial charge in [0.15, 0.2) is 0 Å². The molecule has 0 amide bonds. The number of fused-ring (bicyclic) bond motifs is 4. The monoisotopic (exact) mass is 216 g/mol. The summed E-state index contributed by atoms with van der Waals surface area (Å²) in [4.78, 5) is 0. The van der Waals surface area contributed by atoms with E-state index < -0.39 is 12.1 Å². The van der Waals surface area contributed by atoms with Crippen molar-refractivity contribution in [2.45, 2.75) is 44.7 Å². The van der Waals surface area contributed by atoms with E-state index in [0.29, 0.717) is 6.42 Å². The Hall–Kier alpha value is -0.470. The topological polar surface area (TPSA) is 0 Å². The fraction of sp³-hybridized carbons (Fsp3) is 0.833. The second-order valence-corrected chi connectivity index (χ2v) is 5.18. The molecule has 3 aliphatic carbocycles. The third-order valence-electron chi connectivity index (χ3n) is 4.48. The Kier molecular flexibility index (Phi) is 1.96. The average Bonchev–Trinajstić information content (AvgIpc) is 2.74. The van der Waals surface area contributed by atoms with Crippen molar-refractivity contribution in [3.05, 3.63) is 11.1 Å². The van der Waals surface area contributed by atoms with E-state index in [2.05, 4.69) is 0 Å². The molecular weight excluding hydrogens is 201 g/mol. The van der Waals surface area contributed by atoms with E-state index in [-0.39, 0.29) is 11.8 Å². The third-order valence-corrected chi connectivity index (χ3v) is 4.48. The van der Waals surface area contributed by atoms with Crippen LogP contribution in [0.25, 0.3) is 0 Å². The van der Waals surface area contributed by atoms with Gasteiger partial charge in [0.05, 0.1) is 5.92 Å². The van der Waals surface area contributed by atoms with E-state index in [1.54, 1.807) is 0 Å². The van der Waals surface area contributed by atoms with Gasteiger partial charge in [-0.2, -0.15) is 13.2 Å². The molecule has 3 atom stereocenters. The first-order valence-electron chi connectivity index (χ1n) is 5.86. The quantitative estimate of drug-likeness (QED) is 0.535. The van der Waals surface area contributed by atoms with Crippen molar-refractivity contribution in [3.63, 3.8) is 0 Å². The Morgan fingerprint density at radius 1 is 0.933 bits per heavy atom. The van der Waals surface area contributed by atoms with E-state index in [9.17, 15) is 13.2 Å². The van der Waals surface area contributed by atoms with Gasteiger partial charge in [-0.05, 0) is 50.4 Å². The van der Waals surface area contributed by atoms with Crippen LogP contribution >= 0.6 is 0 Å². The molecule has 84 valence electrons. The van der Waals surface area contributed by atoms with Gasteiger partial charge in [-0.25, -0.2) is 0 Å². The van der Waals surface area contributed by atoms with Crippen molar-refractivity contribution in [1.29, 1.82) is 0 Å². The Balaban J connectivity index is 1.90. The zero-order valence-corrected chi connectivity index (χ0v) is 8.61. The summed E-state index contributed by atoms with van der Waals surface area (Å²) < 4.78 is 38.3. The van der Waals surface area contributed by atoms with Gasteiger partial charge in [0, 0.05) is 0 Å². The predicted molar refractivity (Wildman–Crippen MR) is 51.3 cm³/mol. The SMILES string of the molecule is FC(F)(F)C1CC2CC1C1=C2CCCC1. The number of hydrogen-bond acceptors (Lipinski definition) is 0. The molecule has 3 rings (SSSR count). The van der Waals surface area contributed by atoms with Gasteiger partial charge in [0.2, 0.25) is 0 Å². The van der Waals surface area contributed by atoms with Crippen LogP contribution in [0, 0.1) is 17.8 Å². The van der Waals surface area contributed by atoms with Crippen molar-refractivity contribution >= 4 is 0 Å². The summed E-state index contributed by atoms with van der Waals surface area (Å²) in [5, 5.41) is 0. The van der Waals surface area contributed by atoms with Gasteiger partial charge >= 0.3 is 6.18 Å². The Bertz CT molecular complexity index is 313. The van der Waals surface area contributed by atoms with E-state index >= 15 is 0 Å². The van der Waals surface area contributed by atoms with Crippen LogP contribution in [0.1, 0.15) is 38.5 Å². The molecule has 15 heavy (non-hydrogen) atoms. The maximum absolute atomic E-state index is 12.8. The zero-order valence-electron chi connectivity index (χ0n) is 8.61. The lowest BCUT2D eigenvalue weighted by Gasteiger charge is -2.31. The number of rotatable bonds is 0. The second kappa shape index (κ2) is 3.02. The molecule has 0 spiro atoms. The van der Waals surface area contributed by atoms with Gasteiger partial charge in [0.1, 0.15) is 0 Å². The molecule has 3 aliphatic rings. The summed E-state index contributed by atoms with van der Waals surface area (Å²) >= 11 is 0. The largest absolute Gasteiger partial charge is 0.392 e. The molecule has 0 heterocycles. The van der Waals surface area contributed by atoms with Gasteiger partial charge in [0.25, 0.3) is 0 Å². The van der Waals surface area contributed by atoms with Crippen molar-refractivity contribution in [2.24, 2.45) is 17.8 Å². The van der Waals surface area contributed by atoms with Crippen LogP contribution in [-0.4, -0.2) is 6.18 Å². The van der Waals surface area contributed by atoms with Gasteiger partial charge in [-0.1, -0.05) is 11.1 Å². The number of allylic oxidation sites excluding steroid dienone is 2. The molecule has 0 N–H and O–H groups in total. The molecule has 0 aliphatic heterocycles. The minimum absolute atomic E-state index is 0.134. The second-order valence-electron chi connectivity index (χ2n) is 5.18. The standard InChI is InChI=1S/C12H15F3/c13-12(14,15)11-6-7-5-10(11)9-4-2-1-3-8(7)9/h7,10-11H,1-6H2. The molecule has 1 saturated carbocycles. The van der Waals surface area contributed by atoms with Crippen LogP contribution in [0.2, 0.25) is 0 Å². The Labute approximate surface area is 87.5 Å². The van der Waals surface area contributed by atoms with E-state index in [1.807, 2.05) is 0 Å². The highest BCUT2D eigenvalue weighted by molar-refractivity contribution is 5.32. The van der Waals surface area contributed by atoms with Crippen molar-refractivity contribution in [1.82, 2.24) is 0 Å². The summed E-state index contributed by atoms with van der Waals surface area (Å²) in [5.74, 6) is -0.860. The molecule has 0 aromatic carbocycles. The number of alkyl halides is 3. The zero-order chi connectivity index (χ0) is 10.6. The molecule has 1 fully saturated rings. The van der Waals surface area contributed by atoms with Crippen LogP contribution in [-0.2, 0) is 0 Å². The summed E-state index contributed by atoms with van der Waals surface area (Å²) in [6.45, 7) is 0. The van der Waals surface area contributed by atoms with Crippen molar-refractivity contribution < 1.29 is 13.2 Å². The first-order chi connectivity index (χ1) is 7.07. The number of halogens is 3. The molecule has 0 nitrogen and oxygen atoms in total. The number of hydrogen-bond donors (Lipinski definition) is 0. The van der Waals surface area contributed by atoms with Crippen molar-refractivity contribution in [3.8, 4) is 0 Å². The first-order valence-corrected chi connectivity index (χ1v) is 5.86. The van der Waals surface area contributed by atoms with Gasteiger partial charge in [-0.3, -0.25) is 0 Å². The molecule has 0 aromatic heterocycles. The van der Waals surface area contributed by atoms with Crippen molar-refractivity contribution in [2.75, 3.05) is 0 Å². The maximum atomic E-state index is 12.8. The third kappa shape index (κ3) is 1.35. The highest BCUT2D eigenvalue weighted by atomic mass is 19.4. The highest BCUT2D eigenvalue weighted by Gasteiger charge is 2.55. The predicted octanol–water partition coefficient (Wildman–Crippen LogP) is 4.08. The molecule has 2 bridgehead atoms. The lowest BCUT2D eigenvalue weighted by atomic mass is 9.77. The van der Waals surface area contributed by atoms with Crippen LogP contribution in [0.4, 0.5) is 13.2 Å². The lowest BCUT2D eigenvalue weighted by Crippen LogP contribution is -2.30. The average molecular weight is 216 g/mol. The molecular formula is C12H15F3. The molecule has 0 saturated heterocycles. The summed E-state index contributed by atoms with van der Waals surface area (Å²) in [5.41, 5.74) is 2.63. The molecule has 3 heteroatoms. The van der Waals surface area contributed by atoms with Crippen LogP contribution in [0.5, 0.6) is 0 Å². The fourth-order valence-electron chi connectivity index (χ4n) is 3.91. The maximum Gasteiger partial charge on any atom is 0.392 e. The summed E-state index contributed by atoms with van der Waals surface area (Å²) in [7, 11) is 0. The minimum Gasteiger partial charge on any atom is -0.171 e. The van der Waals surface area contributed by atoms with Crippen LogP contribution < -0.4 is 0 Å². The minimum atomic E-state index is -3.96. The first kappa shape index (κ1) is 9.73. The lowest BCUT2D eigenvalue weighted by molar-refractivity contribution is -0.182. The molecule has 3 unspecified atom stereocenters.